The number of nitrogens with one attached hydrogen (secondary N) is 1. The first-order valence-electron chi connectivity index (χ1n) is 5.35. The molecule has 0 fully saturated rings. The van der Waals surface area contributed by atoms with Crippen LogP contribution in [-0.2, 0) is 6.42 Å². The van der Waals surface area contributed by atoms with Crippen LogP contribution in [0, 0.1) is 13.8 Å². The lowest BCUT2D eigenvalue weighted by atomic mass is 10.2. The summed E-state index contributed by atoms with van der Waals surface area (Å²) in [6.45, 7) is 3.56. The maximum Gasteiger partial charge on any atom is 0.348 e. The lowest BCUT2D eigenvalue weighted by molar-refractivity contribution is 0.287. The SMILES string of the molecule is Cc1noc(C)c1-n1c(CCCO)n[nH]c1=O. The van der Waals surface area contributed by atoms with Crippen molar-refractivity contribution >= 4 is 0 Å². The van der Waals surface area contributed by atoms with Crippen molar-refractivity contribution in [1.82, 2.24) is 19.9 Å². The first kappa shape index (κ1) is 11.6. The predicted octanol–water partition coefficient (Wildman–Crippen LogP) is 0.0903. The maximum absolute atomic E-state index is 11.7. The minimum absolute atomic E-state index is 0.0582. The van der Waals surface area contributed by atoms with E-state index in [1.54, 1.807) is 13.8 Å². The van der Waals surface area contributed by atoms with Crippen LogP contribution < -0.4 is 5.69 Å². The molecule has 2 aromatic rings. The molecule has 0 saturated heterocycles. The first-order chi connectivity index (χ1) is 8.15. The number of hydrogen-bond donors (Lipinski definition) is 2. The normalized spacial score (nSPS) is 11.0. The Morgan fingerprint density at radius 2 is 2.24 bits per heavy atom. The minimum Gasteiger partial charge on any atom is -0.396 e. The largest absolute Gasteiger partial charge is 0.396 e. The van der Waals surface area contributed by atoms with Gasteiger partial charge in [0.05, 0.1) is 0 Å². The van der Waals surface area contributed by atoms with Gasteiger partial charge in [-0.25, -0.2) is 14.5 Å². The molecular weight excluding hydrogens is 224 g/mol. The molecule has 0 aromatic carbocycles. The summed E-state index contributed by atoms with van der Waals surface area (Å²) in [4.78, 5) is 11.7. The number of aromatic nitrogens is 4. The van der Waals surface area contributed by atoms with E-state index in [1.165, 1.54) is 4.57 Å². The van der Waals surface area contributed by atoms with Crippen LogP contribution in [-0.4, -0.2) is 31.6 Å². The Bertz CT molecular complexity index is 547. The lowest BCUT2D eigenvalue weighted by Crippen LogP contribution is -2.18. The summed E-state index contributed by atoms with van der Waals surface area (Å²) in [6.07, 6.45) is 1.06. The lowest BCUT2D eigenvalue weighted by Gasteiger charge is -2.03. The summed E-state index contributed by atoms with van der Waals surface area (Å²) in [5, 5.41) is 18.9. The molecule has 0 bridgehead atoms. The van der Waals surface area contributed by atoms with Crippen LogP contribution in [0.4, 0.5) is 0 Å². The quantitative estimate of drug-likeness (QED) is 0.786. The van der Waals surface area contributed by atoms with Crippen molar-refractivity contribution in [2.75, 3.05) is 6.61 Å². The van der Waals surface area contributed by atoms with Crippen LogP contribution >= 0.6 is 0 Å². The van der Waals surface area contributed by atoms with Gasteiger partial charge in [-0.15, -0.1) is 0 Å². The molecule has 0 aliphatic rings. The van der Waals surface area contributed by atoms with Crippen LogP contribution in [0.25, 0.3) is 5.69 Å². The van der Waals surface area contributed by atoms with E-state index in [0.717, 1.165) is 0 Å². The van der Waals surface area contributed by atoms with Gasteiger partial charge in [-0.3, -0.25) is 0 Å². The fourth-order valence-corrected chi connectivity index (χ4v) is 1.76. The average molecular weight is 238 g/mol. The van der Waals surface area contributed by atoms with E-state index in [2.05, 4.69) is 15.4 Å². The fourth-order valence-electron chi connectivity index (χ4n) is 1.76. The highest BCUT2D eigenvalue weighted by Gasteiger charge is 2.17. The Morgan fingerprint density at radius 1 is 1.47 bits per heavy atom. The first-order valence-corrected chi connectivity index (χ1v) is 5.35. The van der Waals surface area contributed by atoms with Crippen molar-refractivity contribution in [3.63, 3.8) is 0 Å². The standard InChI is InChI=1S/C10H14N4O3/c1-6-9(7(2)17-13-6)14-8(4-3-5-15)11-12-10(14)16/h15H,3-5H2,1-2H3,(H,12,16). The zero-order chi connectivity index (χ0) is 12.4. The Labute approximate surface area is 97.1 Å². The molecule has 2 rings (SSSR count). The maximum atomic E-state index is 11.7. The average Bonchev–Trinajstić information content (AvgIpc) is 2.81. The summed E-state index contributed by atoms with van der Waals surface area (Å²) < 4.78 is 6.47. The highest BCUT2D eigenvalue weighted by atomic mass is 16.5. The zero-order valence-electron chi connectivity index (χ0n) is 9.73. The molecule has 2 aromatic heterocycles. The molecule has 2 heterocycles. The van der Waals surface area contributed by atoms with Crippen molar-refractivity contribution < 1.29 is 9.63 Å². The third-order valence-corrected chi connectivity index (χ3v) is 2.52. The number of nitrogens with zero attached hydrogens (tertiary/aromatic N) is 3. The smallest absolute Gasteiger partial charge is 0.348 e. The summed E-state index contributed by atoms with van der Waals surface area (Å²) >= 11 is 0. The summed E-state index contributed by atoms with van der Waals surface area (Å²) in [5.74, 6) is 1.13. The summed E-state index contributed by atoms with van der Waals surface area (Å²) in [6, 6.07) is 0. The van der Waals surface area contributed by atoms with Gasteiger partial charge in [-0.2, -0.15) is 5.10 Å². The number of aryl methyl sites for hydroxylation is 3. The minimum atomic E-state index is -0.327. The highest BCUT2D eigenvalue weighted by Crippen LogP contribution is 2.17. The second-order valence-corrected chi connectivity index (χ2v) is 3.78. The molecule has 7 nitrogen and oxygen atoms in total. The Morgan fingerprint density at radius 3 is 2.82 bits per heavy atom. The van der Waals surface area contributed by atoms with Crippen LogP contribution in [0.2, 0.25) is 0 Å². The van der Waals surface area contributed by atoms with Crippen LogP contribution in [0.3, 0.4) is 0 Å². The van der Waals surface area contributed by atoms with Gasteiger partial charge in [0.15, 0.2) is 5.76 Å². The van der Waals surface area contributed by atoms with Gasteiger partial charge >= 0.3 is 5.69 Å². The number of aromatic amines is 1. The molecule has 0 saturated carbocycles. The molecule has 17 heavy (non-hydrogen) atoms. The molecule has 92 valence electrons. The molecule has 0 radical (unpaired) electrons. The third kappa shape index (κ3) is 2.01. The van der Waals surface area contributed by atoms with Crippen molar-refractivity contribution in [1.29, 1.82) is 0 Å². The molecule has 0 unspecified atom stereocenters. The second kappa shape index (κ2) is 4.54. The van der Waals surface area contributed by atoms with Crippen molar-refractivity contribution in [3.8, 4) is 5.69 Å². The number of hydrogen-bond acceptors (Lipinski definition) is 5. The van der Waals surface area contributed by atoms with E-state index in [0.29, 0.717) is 35.8 Å². The summed E-state index contributed by atoms with van der Waals surface area (Å²) in [5.41, 5.74) is 0.931. The number of aliphatic hydroxyl groups is 1. The molecule has 0 atom stereocenters. The van der Waals surface area contributed by atoms with Crippen LogP contribution in [0.15, 0.2) is 9.32 Å². The van der Waals surface area contributed by atoms with E-state index >= 15 is 0 Å². The summed E-state index contributed by atoms with van der Waals surface area (Å²) in [7, 11) is 0. The molecular formula is C10H14N4O3. The van der Waals surface area contributed by atoms with E-state index in [-0.39, 0.29) is 12.3 Å². The van der Waals surface area contributed by atoms with E-state index in [1.807, 2.05) is 0 Å². The Kier molecular flexibility index (Phi) is 3.10. The molecule has 0 aliphatic heterocycles. The molecule has 0 amide bonds. The van der Waals surface area contributed by atoms with Gasteiger partial charge in [0.2, 0.25) is 0 Å². The van der Waals surface area contributed by atoms with E-state index in [9.17, 15) is 4.79 Å². The zero-order valence-corrected chi connectivity index (χ0v) is 9.73. The topological polar surface area (TPSA) is 96.9 Å². The Balaban J connectivity index is 2.51. The second-order valence-electron chi connectivity index (χ2n) is 3.78. The fraction of sp³-hybridized carbons (Fsp3) is 0.500. The van der Waals surface area contributed by atoms with Gasteiger partial charge in [0, 0.05) is 13.0 Å². The highest BCUT2D eigenvalue weighted by molar-refractivity contribution is 5.39. The Hall–Kier alpha value is -1.89. The number of aliphatic hydroxyl groups excluding tert-OH is 1. The molecule has 7 heteroatoms. The van der Waals surface area contributed by atoms with Gasteiger partial charge in [0.25, 0.3) is 0 Å². The van der Waals surface area contributed by atoms with E-state index < -0.39 is 0 Å². The van der Waals surface area contributed by atoms with Gasteiger partial charge in [0.1, 0.15) is 17.2 Å². The van der Waals surface area contributed by atoms with Gasteiger partial charge in [-0.05, 0) is 20.3 Å². The molecule has 0 aliphatic carbocycles. The van der Waals surface area contributed by atoms with Crippen molar-refractivity contribution in [2.24, 2.45) is 0 Å². The van der Waals surface area contributed by atoms with Gasteiger partial charge < -0.3 is 9.63 Å². The van der Waals surface area contributed by atoms with Crippen molar-refractivity contribution in [2.45, 2.75) is 26.7 Å². The van der Waals surface area contributed by atoms with Crippen LogP contribution in [0.1, 0.15) is 23.7 Å². The van der Waals surface area contributed by atoms with Gasteiger partial charge in [-0.1, -0.05) is 5.16 Å². The van der Waals surface area contributed by atoms with E-state index in [4.69, 9.17) is 9.63 Å². The molecule has 2 N–H and O–H groups in total. The number of rotatable bonds is 4. The van der Waals surface area contributed by atoms with Crippen molar-refractivity contribution in [3.05, 3.63) is 27.8 Å². The molecule has 0 spiro atoms. The predicted molar refractivity (Wildman–Crippen MR) is 59.1 cm³/mol. The third-order valence-electron chi connectivity index (χ3n) is 2.52. The van der Waals surface area contributed by atoms with Crippen LogP contribution in [0.5, 0.6) is 0 Å². The monoisotopic (exact) mass is 238 g/mol. The number of H-pyrrole nitrogens is 1.